The summed E-state index contributed by atoms with van der Waals surface area (Å²) in [5.41, 5.74) is 1.18. The van der Waals surface area contributed by atoms with E-state index in [4.69, 9.17) is 27.9 Å². The van der Waals surface area contributed by atoms with E-state index in [1.165, 1.54) is 0 Å². The Balaban J connectivity index is 1.60. The molecule has 0 aromatic heterocycles. The van der Waals surface area contributed by atoms with Gasteiger partial charge in [-0.3, -0.25) is 4.79 Å². The van der Waals surface area contributed by atoms with Crippen molar-refractivity contribution < 1.29 is 14.3 Å². The van der Waals surface area contributed by atoms with Gasteiger partial charge in [0.25, 0.3) is 0 Å². The molecule has 0 radical (unpaired) electrons. The molecule has 1 heterocycles. The van der Waals surface area contributed by atoms with Crippen molar-refractivity contribution in [1.29, 1.82) is 0 Å². The summed E-state index contributed by atoms with van der Waals surface area (Å²) in [6.45, 7) is 2.89. The zero-order valence-corrected chi connectivity index (χ0v) is 16.2. The summed E-state index contributed by atoms with van der Waals surface area (Å²) in [7, 11) is 0. The summed E-state index contributed by atoms with van der Waals surface area (Å²) in [5.74, 6) is 0.700. The molecule has 142 valence electrons. The van der Waals surface area contributed by atoms with Crippen LogP contribution in [0, 0.1) is 0 Å². The molecule has 1 fully saturated rings. The molecule has 8 heteroatoms. The lowest BCUT2D eigenvalue weighted by Crippen LogP contribution is -2.39. The molecule has 3 rings (SSSR count). The van der Waals surface area contributed by atoms with Crippen molar-refractivity contribution in [3.05, 3.63) is 52.5 Å². The molecule has 2 N–H and O–H groups in total. The van der Waals surface area contributed by atoms with Crippen LogP contribution in [-0.2, 0) is 4.79 Å². The molecule has 1 aliphatic rings. The zero-order chi connectivity index (χ0) is 19.4. The Kier molecular flexibility index (Phi) is 6.08. The van der Waals surface area contributed by atoms with E-state index in [9.17, 15) is 9.59 Å². The number of urea groups is 1. The molecule has 2 aromatic rings. The summed E-state index contributed by atoms with van der Waals surface area (Å²) in [4.78, 5) is 26.2. The van der Waals surface area contributed by atoms with Crippen LogP contribution in [0.3, 0.4) is 0 Å². The topological polar surface area (TPSA) is 70.7 Å². The lowest BCUT2D eigenvalue weighted by Gasteiger charge is -2.18. The Labute approximate surface area is 167 Å². The number of anilines is 2. The molecule has 1 saturated heterocycles. The summed E-state index contributed by atoms with van der Waals surface area (Å²) < 4.78 is 5.41. The number of rotatable bonds is 5. The van der Waals surface area contributed by atoms with E-state index in [1.54, 1.807) is 23.1 Å². The smallest absolute Gasteiger partial charge is 0.319 e. The standard InChI is InChI=1S/C19H19Cl2N3O3/c1-2-27-15-6-4-14(5-7-15)24-11-13(10-18(24)25)22-19(26)23-17-9-12(20)3-8-16(17)21/h3-9,13H,2,10-11H2,1H3,(H2,22,23,26). The van der Waals surface area contributed by atoms with Crippen LogP contribution < -0.4 is 20.3 Å². The predicted molar refractivity (Wildman–Crippen MR) is 107 cm³/mol. The highest BCUT2D eigenvalue weighted by Crippen LogP contribution is 2.26. The number of carbonyl (C=O) groups excluding carboxylic acids is 2. The number of carbonyl (C=O) groups is 2. The Bertz CT molecular complexity index is 843. The van der Waals surface area contributed by atoms with E-state index in [2.05, 4.69) is 10.6 Å². The quantitative estimate of drug-likeness (QED) is 0.774. The maximum Gasteiger partial charge on any atom is 0.319 e. The lowest BCUT2D eigenvalue weighted by molar-refractivity contribution is -0.117. The predicted octanol–water partition coefficient (Wildman–Crippen LogP) is 4.32. The molecule has 0 spiro atoms. The molecule has 6 nitrogen and oxygen atoms in total. The molecule has 1 atom stereocenters. The van der Waals surface area contributed by atoms with Gasteiger partial charge < -0.3 is 20.3 Å². The first-order valence-corrected chi connectivity index (χ1v) is 9.27. The lowest BCUT2D eigenvalue weighted by atomic mass is 10.2. The molecule has 0 saturated carbocycles. The molecule has 0 bridgehead atoms. The largest absolute Gasteiger partial charge is 0.494 e. The van der Waals surface area contributed by atoms with Crippen LogP contribution in [0.1, 0.15) is 13.3 Å². The maximum absolute atomic E-state index is 12.3. The first kappa shape index (κ1) is 19.3. The molecule has 27 heavy (non-hydrogen) atoms. The minimum Gasteiger partial charge on any atom is -0.494 e. The number of benzene rings is 2. The average Bonchev–Trinajstić information content (AvgIpc) is 2.99. The Morgan fingerprint density at radius 1 is 1.22 bits per heavy atom. The average molecular weight is 408 g/mol. The van der Waals surface area contributed by atoms with E-state index in [0.29, 0.717) is 28.9 Å². The van der Waals surface area contributed by atoms with Gasteiger partial charge in [0.2, 0.25) is 5.91 Å². The van der Waals surface area contributed by atoms with Crippen LogP contribution in [0.15, 0.2) is 42.5 Å². The third-order valence-electron chi connectivity index (χ3n) is 4.10. The highest BCUT2D eigenvalue weighted by Gasteiger charge is 2.31. The molecule has 1 unspecified atom stereocenters. The fourth-order valence-corrected chi connectivity index (χ4v) is 3.22. The van der Waals surface area contributed by atoms with Gasteiger partial charge in [0, 0.05) is 23.7 Å². The van der Waals surface area contributed by atoms with E-state index >= 15 is 0 Å². The normalized spacial score (nSPS) is 16.3. The number of ether oxygens (including phenoxy) is 1. The Morgan fingerprint density at radius 2 is 1.96 bits per heavy atom. The summed E-state index contributed by atoms with van der Waals surface area (Å²) in [5, 5.41) is 6.30. The number of halogens is 2. The van der Waals surface area contributed by atoms with E-state index in [1.807, 2.05) is 31.2 Å². The molecular formula is C19H19Cl2N3O3. The van der Waals surface area contributed by atoms with Crippen LogP contribution in [0.4, 0.5) is 16.2 Å². The number of nitrogens with zero attached hydrogens (tertiary/aromatic N) is 1. The van der Waals surface area contributed by atoms with Crippen molar-refractivity contribution in [2.24, 2.45) is 0 Å². The third-order valence-corrected chi connectivity index (χ3v) is 4.66. The van der Waals surface area contributed by atoms with Gasteiger partial charge in [-0.1, -0.05) is 23.2 Å². The van der Waals surface area contributed by atoms with Gasteiger partial charge in [-0.25, -0.2) is 4.79 Å². The summed E-state index contributed by atoms with van der Waals surface area (Å²) in [6.07, 6.45) is 0.226. The van der Waals surface area contributed by atoms with Gasteiger partial charge in [-0.2, -0.15) is 0 Å². The zero-order valence-electron chi connectivity index (χ0n) is 14.7. The summed E-state index contributed by atoms with van der Waals surface area (Å²) in [6, 6.07) is 11.4. The van der Waals surface area contributed by atoms with Crippen molar-refractivity contribution >= 4 is 46.5 Å². The second kappa shape index (κ2) is 8.50. The molecule has 1 aliphatic heterocycles. The first-order chi connectivity index (χ1) is 13.0. The van der Waals surface area contributed by atoms with Crippen LogP contribution in [-0.4, -0.2) is 31.1 Å². The van der Waals surface area contributed by atoms with Crippen LogP contribution in [0.2, 0.25) is 10.0 Å². The number of hydrogen-bond acceptors (Lipinski definition) is 3. The van der Waals surface area contributed by atoms with Gasteiger partial charge in [0.05, 0.1) is 23.4 Å². The van der Waals surface area contributed by atoms with Crippen molar-refractivity contribution in [3.63, 3.8) is 0 Å². The molecule has 3 amide bonds. The summed E-state index contributed by atoms with van der Waals surface area (Å²) >= 11 is 12.0. The van der Waals surface area contributed by atoms with Crippen molar-refractivity contribution in [2.45, 2.75) is 19.4 Å². The molecule has 0 aliphatic carbocycles. The van der Waals surface area contributed by atoms with Crippen molar-refractivity contribution in [3.8, 4) is 5.75 Å². The second-order valence-electron chi connectivity index (χ2n) is 6.05. The first-order valence-electron chi connectivity index (χ1n) is 8.52. The highest BCUT2D eigenvalue weighted by molar-refractivity contribution is 6.35. The highest BCUT2D eigenvalue weighted by atomic mass is 35.5. The molecule has 2 aromatic carbocycles. The van der Waals surface area contributed by atoms with Crippen molar-refractivity contribution in [1.82, 2.24) is 5.32 Å². The second-order valence-corrected chi connectivity index (χ2v) is 6.90. The van der Waals surface area contributed by atoms with Gasteiger partial charge >= 0.3 is 6.03 Å². The monoisotopic (exact) mass is 407 g/mol. The third kappa shape index (κ3) is 4.84. The Morgan fingerprint density at radius 3 is 2.67 bits per heavy atom. The van der Waals surface area contributed by atoms with Crippen LogP contribution in [0.25, 0.3) is 0 Å². The minimum atomic E-state index is -0.439. The van der Waals surface area contributed by atoms with E-state index < -0.39 is 6.03 Å². The fourth-order valence-electron chi connectivity index (χ4n) is 2.88. The minimum absolute atomic E-state index is 0.0507. The van der Waals surface area contributed by atoms with Crippen LogP contribution >= 0.6 is 23.2 Å². The Hall–Kier alpha value is -2.44. The SMILES string of the molecule is CCOc1ccc(N2CC(NC(=O)Nc3cc(Cl)ccc3Cl)CC2=O)cc1. The van der Waals surface area contributed by atoms with Gasteiger partial charge in [-0.05, 0) is 49.4 Å². The number of hydrogen-bond donors (Lipinski definition) is 2. The van der Waals surface area contributed by atoms with Crippen molar-refractivity contribution in [2.75, 3.05) is 23.4 Å². The van der Waals surface area contributed by atoms with E-state index in [-0.39, 0.29) is 18.4 Å². The van der Waals surface area contributed by atoms with E-state index in [0.717, 1.165) is 11.4 Å². The number of amides is 3. The van der Waals surface area contributed by atoms with Gasteiger partial charge in [-0.15, -0.1) is 0 Å². The van der Waals surface area contributed by atoms with Gasteiger partial charge in [0.15, 0.2) is 0 Å². The number of nitrogens with one attached hydrogen (secondary N) is 2. The molecular weight excluding hydrogens is 389 g/mol. The van der Waals surface area contributed by atoms with Gasteiger partial charge in [0.1, 0.15) is 5.75 Å². The fraction of sp³-hybridized carbons (Fsp3) is 0.263. The van der Waals surface area contributed by atoms with Crippen LogP contribution in [0.5, 0.6) is 5.75 Å². The maximum atomic E-state index is 12.3.